The fourth-order valence-electron chi connectivity index (χ4n) is 5.99. The third kappa shape index (κ3) is 2.83. The second-order valence-corrected chi connectivity index (χ2v) is 13.8. The molecule has 0 spiro atoms. The zero-order valence-corrected chi connectivity index (χ0v) is 19.9. The van der Waals surface area contributed by atoms with Crippen LogP contribution in [-0.2, 0) is 12.3 Å². The molecule has 0 nitrogen and oxygen atoms in total. The second-order valence-electron chi connectivity index (χ2n) is 9.39. The molecular formula is C30H26P2. The minimum absolute atomic E-state index is 0.213. The molecular weight excluding hydrogens is 422 g/mol. The predicted octanol–water partition coefficient (Wildman–Crippen LogP) is 10.00. The lowest BCUT2D eigenvalue weighted by molar-refractivity contribution is 0.199. The first-order valence-corrected chi connectivity index (χ1v) is 14.9. The molecule has 1 fully saturated rings. The Hall–Kier alpha value is -2.52. The largest absolute Gasteiger partial charge is 0.108 e. The molecule has 0 N–H and O–H groups in total. The number of hydrogen-bond acceptors (Lipinski definition) is 0. The average Bonchev–Trinajstić information content (AvgIpc) is 3.33. The molecule has 0 amide bonds. The van der Waals surface area contributed by atoms with Crippen molar-refractivity contribution >= 4 is 57.1 Å². The van der Waals surface area contributed by atoms with E-state index >= 15 is 0 Å². The first-order valence-electron chi connectivity index (χ1n) is 11.8. The number of fused-ring (bicyclic) bond motifs is 6. The van der Waals surface area contributed by atoms with E-state index in [1.54, 1.807) is 20.5 Å². The molecule has 7 rings (SSSR count). The topological polar surface area (TPSA) is 0 Å². The van der Waals surface area contributed by atoms with Crippen LogP contribution in [0.25, 0.3) is 42.0 Å². The SMILES string of the molecule is c1ccc2c(c1)c1ccccc1p2C[C@@H]1CC[C@H]1Cp1c2ccccc2c2ccccc21. The van der Waals surface area contributed by atoms with Gasteiger partial charge in [0.2, 0.25) is 0 Å². The van der Waals surface area contributed by atoms with Crippen molar-refractivity contribution in [3.8, 4) is 0 Å². The average molecular weight is 448 g/mol. The quantitative estimate of drug-likeness (QED) is 0.252. The molecule has 156 valence electrons. The standard InChI is InChI=1S/C30H26P2/c1-5-13-27-23(9-1)24-10-2-6-14-28(24)31(27)19-21-17-18-22(21)20-32-29-15-7-3-11-25(29)26-12-4-8-16-30(26)32/h1-16,21-22H,17-20H2/t21-,22-/m0/s1. The maximum absolute atomic E-state index is 2.41. The van der Waals surface area contributed by atoms with Crippen LogP contribution in [0.1, 0.15) is 12.8 Å². The van der Waals surface area contributed by atoms with Gasteiger partial charge in [0.1, 0.15) is 0 Å². The van der Waals surface area contributed by atoms with Crippen LogP contribution >= 0.6 is 15.1 Å². The molecule has 6 aromatic rings. The Kier molecular flexibility index (Phi) is 4.46. The molecule has 1 aliphatic carbocycles. The Bertz CT molecular complexity index is 1370. The van der Waals surface area contributed by atoms with E-state index in [1.807, 2.05) is 0 Å². The van der Waals surface area contributed by atoms with Gasteiger partial charge in [-0.2, -0.15) is 0 Å². The summed E-state index contributed by atoms with van der Waals surface area (Å²) in [5, 5.41) is 12.5. The summed E-state index contributed by atoms with van der Waals surface area (Å²) >= 11 is 0. The van der Waals surface area contributed by atoms with E-state index < -0.39 is 0 Å². The number of hydrogen-bond donors (Lipinski definition) is 0. The van der Waals surface area contributed by atoms with Gasteiger partial charge in [0.25, 0.3) is 0 Å². The van der Waals surface area contributed by atoms with Crippen molar-refractivity contribution in [2.24, 2.45) is 11.8 Å². The lowest BCUT2D eigenvalue weighted by Crippen LogP contribution is -2.26. The van der Waals surface area contributed by atoms with Crippen molar-refractivity contribution in [1.29, 1.82) is 0 Å². The Morgan fingerprint density at radius 3 is 1.00 bits per heavy atom. The molecule has 1 aliphatic rings. The van der Waals surface area contributed by atoms with E-state index in [-0.39, 0.29) is 15.1 Å². The van der Waals surface area contributed by atoms with E-state index in [9.17, 15) is 0 Å². The Labute approximate surface area is 191 Å². The molecule has 2 heterocycles. The number of benzene rings is 4. The van der Waals surface area contributed by atoms with Crippen LogP contribution in [-0.4, -0.2) is 0 Å². The van der Waals surface area contributed by atoms with Gasteiger partial charge >= 0.3 is 0 Å². The summed E-state index contributed by atoms with van der Waals surface area (Å²) in [4.78, 5) is 0. The fraction of sp³-hybridized carbons (Fsp3) is 0.200. The minimum atomic E-state index is -0.213. The summed E-state index contributed by atoms with van der Waals surface area (Å²) in [5.41, 5.74) is 0. The van der Waals surface area contributed by atoms with Gasteiger partial charge in [-0.3, -0.25) is 0 Å². The zero-order chi connectivity index (χ0) is 21.1. The van der Waals surface area contributed by atoms with Crippen LogP contribution in [0, 0.1) is 11.8 Å². The number of rotatable bonds is 4. The van der Waals surface area contributed by atoms with Crippen LogP contribution in [0.2, 0.25) is 0 Å². The van der Waals surface area contributed by atoms with Crippen molar-refractivity contribution < 1.29 is 0 Å². The van der Waals surface area contributed by atoms with Crippen molar-refractivity contribution in [1.82, 2.24) is 0 Å². The van der Waals surface area contributed by atoms with E-state index in [1.165, 1.54) is 46.7 Å². The zero-order valence-electron chi connectivity index (χ0n) is 18.1. The highest BCUT2D eigenvalue weighted by molar-refractivity contribution is 7.61. The van der Waals surface area contributed by atoms with Gasteiger partial charge in [-0.15, -0.1) is 15.1 Å². The highest BCUT2D eigenvalue weighted by Gasteiger charge is 2.33. The molecule has 0 bridgehead atoms. The first-order chi connectivity index (χ1) is 15.9. The van der Waals surface area contributed by atoms with Gasteiger partial charge in [-0.05, 0) is 58.5 Å². The molecule has 0 saturated heterocycles. The Balaban J connectivity index is 1.27. The second kappa shape index (κ2) is 7.52. The summed E-state index contributed by atoms with van der Waals surface area (Å²) < 4.78 is 0. The molecule has 2 aromatic heterocycles. The van der Waals surface area contributed by atoms with Crippen LogP contribution in [0.5, 0.6) is 0 Å². The van der Waals surface area contributed by atoms with Crippen LogP contribution in [0.4, 0.5) is 0 Å². The molecule has 2 atom stereocenters. The summed E-state index contributed by atoms with van der Waals surface area (Å²) in [6, 6.07) is 36.8. The molecule has 0 radical (unpaired) electrons. The normalized spacial score (nSPS) is 18.6. The lowest BCUT2D eigenvalue weighted by Gasteiger charge is -2.37. The maximum atomic E-state index is 2.41. The van der Waals surface area contributed by atoms with Crippen molar-refractivity contribution in [2.45, 2.75) is 25.2 Å². The summed E-state index contributed by atoms with van der Waals surface area (Å²) in [5.74, 6) is 1.76. The van der Waals surface area contributed by atoms with Gasteiger partial charge in [0, 0.05) is 20.5 Å². The van der Waals surface area contributed by atoms with E-state index in [0.717, 1.165) is 11.8 Å². The molecule has 4 aromatic carbocycles. The van der Waals surface area contributed by atoms with E-state index in [2.05, 4.69) is 97.1 Å². The predicted molar refractivity (Wildman–Crippen MR) is 145 cm³/mol. The highest BCUT2D eigenvalue weighted by atomic mass is 31.1. The van der Waals surface area contributed by atoms with Gasteiger partial charge in [0.15, 0.2) is 0 Å². The van der Waals surface area contributed by atoms with Gasteiger partial charge in [0.05, 0.1) is 0 Å². The lowest BCUT2D eigenvalue weighted by atomic mass is 9.76. The summed E-state index contributed by atoms with van der Waals surface area (Å²) in [7, 11) is -0.427. The third-order valence-corrected chi connectivity index (χ3v) is 13.3. The van der Waals surface area contributed by atoms with Crippen molar-refractivity contribution in [2.75, 3.05) is 0 Å². The van der Waals surface area contributed by atoms with Crippen molar-refractivity contribution in [3.05, 3.63) is 97.1 Å². The highest BCUT2D eigenvalue weighted by Crippen LogP contribution is 2.58. The van der Waals surface area contributed by atoms with Gasteiger partial charge < -0.3 is 0 Å². The molecule has 0 unspecified atom stereocenters. The van der Waals surface area contributed by atoms with Crippen LogP contribution in [0.3, 0.4) is 0 Å². The Morgan fingerprint density at radius 2 is 0.719 bits per heavy atom. The third-order valence-electron chi connectivity index (χ3n) is 7.77. The first kappa shape index (κ1) is 19.0. The van der Waals surface area contributed by atoms with Crippen LogP contribution < -0.4 is 0 Å². The van der Waals surface area contributed by atoms with E-state index in [4.69, 9.17) is 0 Å². The maximum Gasteiger partial charge on any atom is 0.00239 e. The molecule has 2 heteroatoms. The molecule has 32 heavy (non-hydrogen) atoms. The van der Waals surface area contributed by atoms with Gasteiger partial charge in [-0.1, -0.05) is 97.1 Å². The van der Waals surface area contributed by atoms with E-state index in [0.29, 0.717) is 0 Å². The minimum Gasteiger partial charge on any atom is -0.108 e. The Morgan fingerprint density at radius 1 is 0.438 bits per heavy atom. The van der Waals surface area contributed by atoms with Crippen molar-refractivity contribution in [3.63, 3.8) is 0 Å². The summed E-state index contributed by atoms with van der Waals surface area (Å²) in [6.07, 6.45) is 5.58. The molecule has 1 saturated carbocycles. The monoisotopic (exact) mass is 448 g/mol. The van der Waals surface area contributed by atoms with Crippen LogP contribution in [0.15, 0.2) is 97.1 Å². The molecule has 0 aliphatic heterocycles. The fourth-order valence-corrected chi connectivity index (χ4v) is 12.2. The van der Waals surface area contributed by atoms with Gasteiger partial charge in [-0.25, -0.2) is 0 Å². The summed E-state index contributed by atoms with van der Waals surface area (Å²) in [6.45, 7) is 0. The smallest absolute Gasteiger partial charge is 0.00239 e.